The molecule has 1 atom stereocenters. The number of hydrogen-bond donors (Lipinski definition) is 0. The van der Waals surface area contributed by atoms with E-state index < -0.39 is 0 Å². The number of esters is 1. The number of allylic oxidation sites excluding steroid dienone is 1. The molecule has 0 N–H and O–H groups in total. The van der Waals surface area contributed by atoms with Gasteiger partial charge >= 0.3 is 5.97 Å². The minimum Gasteiger partial charge on any atom is -0.468 e. The third-order valence-electron chi connectivity index (χ3n) is 4.22. The summed E-state index contributed by atoms with van der Waals surface area (Å²) in [6, 6.07) is 9.99. The number of methoxy groups -OCH3 is 1. The number of nitrogens with zero attached hydrogens (tertiary/aromatic N) is 4. The van der Waals surface area contributed by atoms with Crippen LogP contribution in [0.2, 0.25) is 0 Å². The van der Waals surface area contributed by atoms with Crippen molar-refractivity contribution in [3.05, 3.63) is 47.8 Å². The second kappa shape index (κ2) is 8.66. The zero-order valence-corrected chi connectivity index (χ0v) is 16.3. The van der Waals surface area contributed by atoms with Gasteiger partial charge in [0.2, 0.25) is 0 Å². The topological polar surface area (TPSA) is 52.3 Å². The molecule has 1 aromatic heterocycles. The molecule has 1 aliphatic heterocycles. The van der Waals surface area contributed by atoms with Gasteiger partial charge in [0.25, 0.3) is 0 Å². The molecule has 1 fully saturated rings. The summed E-state index contributed by atoms with van der Waals surface area (Å²) in [5, 5.41) is 4.59. The molecule has 1 saturated heterocycles. The number of carbonyl (C=O) groups excluding carboxylic acids is 1. The lowest BCUT2D eigenvalue weighted by atomic mass is 10.2. The summed E-state index contributed by atoms with van der Waals surface area (Å²) in [6.45, 7) is 6.50. The summed E-state index contributed by atoms with van der Waals surface area (Å²) in [7, 11) is 1.43. The average Bonchev–Trinajstić information content (AvgIpc) is 2.98. The van der Waals surface area contributed by atoms with Gasteiger partial charge in [0.1, 0.15) is 5.25 Å². The monoisotopic (exact) mass is 390 g/mol. The van der Waals surface area contributed by atoms with Crippen molar-refractivity contribution in [1.29, 1.82) is 0 Å². The van der Waals surface area contributed by atoms with Gasteiger partial charge in [0, 0.05) is 31.0 Å². The fourth-order valence-corrected chi connectivity index (χ4v) is 4.38. The molecule has 0 amide bonds. The highest BCUT2D eigenvalue weighted by atomic mass is 32.2. The van der Waals surface area contributed by atoms with E-state index in [2.05, 4.69) is 11.5 Å². The molecule has 0 unspecified atom stereocenters. The van der Waals surface area contributed by atoms with Crippen LogP contribution in [0.4, 0.5) is 0 Å². The SMILES string of the molecule is C=CCn1c(-c2ccccc2)nn(CN2CCS[C@H](C(=O)OC)C2)c1=S. The number of hydrogen-bond acceptors (Lipinski definition) is 6. The molecule has 8 heteroatoms. The van der Waals surface area contributed by atoms with Crippen LogP contribution in [-0.4, -0.2) is 56.4 Å². The molecule has 1 aliphatic rings. The molecule has 6 nitrogen and oxygen atoms in total. The van der Waals surface area contributed by atoms with E-state index in [1.54, 1.807) is 11.8 Å². The van der Waals surface area contributed by atoms with Gasteiger partial charge in [-0.05, 0) is 12.2 Å². The van der Waals surface area contributed by atoms with E-state index in [-0.39, 0.29) is 11.2 Å². The molecule has 0 aliphatic carbocycles. The molecule has 138 valence electrons. The fourth-order valence-electron chi connectivity index (χ4n) is 2.92. The first-order valence-electron chi connectivity index (χ1n) is 8.39. The Morgan fingerprint density at radius 3 is 2.92 bits per heavy atom. The van der Waals surface area contributed by atoms with Crippen LogP contribution in [0.25, 0.3) is 11.4 Å². The Kier molecular flexibility index (Phi) is 6.29. The predicted molar refractivity (Wildman–Crippen MR) is 107 cm³/mol. The van der Waals surface area contributed by atoms with Gasteiger partial charge in [-0.15, -0.1) is 18.3 Å². The van der Waals surface area contributed by atoms with Gasteiger partial charge in [-0.1, -0.05) is 36.4 Å². The lowest BCUT2D eigenvalue weighted by Crippen LogP contribution is -2.42. The van der Waals surface area contributed by atoms with Gasteiger partial charge in [-0.2, -0.15) is 5.10 Å². The van der Waals surface area contributed by atoms with Gasteiger partial charge in [-0.3, -0.25) is 14.3 Å². The standard InChI is InChI=1S/C18H22N4O2S2/c1-3-9-21-16(14-7-5-4-6-8-14)19-22(18(21)25)13-20-10-11-26-15(12-20)17(23)24-2/h3-8,15H,1,9-13H2,2H3/t15-/m0/s1. The molecule has 0 saturated carbocycles. The van der Waals surface area contributed by atoms with E-state index in [0.717, 1.165) is 23.7 Å². The van der Waals surface area contributed by atoms with Gasteiger partial charge in [0.15, 0.2) is 10.6 Å². The Balaban J connectivity index is 1.85. The number of ether oxygens (including phenoxy) is 1. The minimum absolute atomic E-state index is 0.160. The quantitative estimate of drug-likeness (QED) is 0.430. The second-order valence-corrected chi connectivity index (χ2v) is 7.65. The third-order valence-corrected chi connectivity index (χ3v) is 5.81. The molecule has 26 heavy (non-hydrogen) atoms. The fraction of sp³-hybridized carbons (Fsp3) is 0.389. The lowest BCUT2D eigenvalue weighted by Gasteiger charge is -2.30. The van der Waals surface area contributed by atoms with Crippen molar-refractivity contribution >= 4 is 29.9 Å². The van der Waals surface area contributed by atoms with Gasteiger partial charge in [-0.25, -0.2) is 4.68 Å². The Morgan fingerprint density at radius 1 is 1.46 bits per heavy atom. The van der Waals surface area contributed by atoms with Crippen molar-refractivity contribution in [1.82, 2.24) is 19.2 Å². The van der Waals surface area contributed by atoms with Crippen molar-refractivity contribution in [2.45, 2.75) is 18.5 Å². The van der Waals surface area contributed by atoms with Crippen LogP contribution in [-0.2, 0) is 22.7 Å². The average molecular weight is 391 g/mol. The zero-order valence-electron chi connectivity index (χ0n) is 14.7. The third kappa shape index (κ3) is 4.08. The van der Waals surface area contributed by atoms with E-state index in [1.165, 1.54) is 7.11 Å². The predicted octanol–water partition coefficient (Wildman–Crippen LogP) is 2.81. The molecular weight excluding hydrogens is 368 g/mol. The lowest BCUT2D eigenvalue weighted by molar-refractivity contribution is -0.140. The van der Waals surface area contributed by atoms with Crippen LogP contribution >= 0.6 is 24.0 Å². The molecule has 0 bridgehead atoms. The normalized spacial score (nSPS) is 17.8. The van der Waals surface area contributed by atoms with Crippen LogP contribution in [0, 0.1) is 4.77 Å². The van der Waals surface area contributed by atoms with Crippen molar-refractivity contribution in [3.8, 4) is 11.4 Å². The Morgan fingerprint density at radius 2 is 2.23 bits per heavy atom. The number of carbonyl (C=O) groups is 1. The highest BCUT2D eigenvalue weighted by Crippen LogP contribution is 2.22. The van der Waals surface area contributed by atoms with Crippen molar-refractivity contribution in [2.75, 3.05) is 26.0 Å². The van der Waals surface area contributed by atoms with Crippen LogP contribution in [0.15, 0.2) is 43.0 Å². The van der Waals surface area contributed by atoms with Crippen LogP contribution in [0.1, 0.15) is 0 Å². The first-order valence-corrected chi connectivity index (χ1v) is 9.85. The minimum atomic E-state index is -0.176. The van der Waals surface area contributed by atoms with E-state index in [1.807, 2.05) is 45.7 Å². The maximum Gasteiger partial charge on any atom is 0.320 e. The first-order chi connectivity index (χ1) is 12.6. The van der Waals surface area contributed by atoms with Crippen LogP contribution in [0.5, 0.6) is 0 Å². The van der Waals surface area contributed by atoms with Crippen LogP contribution < -0.4 is 0 Å². The Hall–Kier alpha value is -1.90. The molecule has 2 aromatic rings. The van der Waals surface area contributed by atoms with E-state index >= 15 is 0 Å². The van der Waals surface area contributed by atoms with E-state index in [9.17, 15) is 4.79 Å². The summed E-state index contributed by atoms with van der Waals surface area (Å²) < 4.78 is 9.34. The second-order valence-electron chi connectivity index (χ2n) is 5.97. The highest BCUT2D eigenvalue weighted by Gasteiger charge is 2.27. The summed E-state index contributed by atoms with van der Waals surface area (Å²) in [5.74, 6) is 1.53. The molecule has 2 heterocycles. The maximum absolute atomic E-state index is 11.8. The molecule has 3 rings (SSSR count). The number of thioether (sulfide) groups is 1. The van der Waals surface area contributed by atoms with Crippen molar-refractivity contribution in [2.24, 2.45) is 0 Å². The number of rotatable bonds is 6. The van der Waals surface area contributed by atoms with Crippen LogP contribution in [0.3, 0.4) is 0 Å². The smallest absolute Gasteiger partial charge is 0.320 e. The number of aromatic nitrogens is 3. The summed E-state index contributed by atoms with van der Waals surface area (Å²) in [5.41, 5.74) is 1.01. The summed E-state index contributed by atoms with van der Waals surface area (Å²) in [4.78, 5) is 14.0. The Labute approximate surface area is 162 Å². The molecule has 0 spiro atoms. The zero-order chi connectivity index (χ0) is 18.5. The van der Waals surface area contributed by atoms with Gasteiger partial charge in [0.05, 0.1) is 13.8 Å². The van der Waals surface area contributed by atoms with Crippen molar-refractivity contribution < 1.29 is 9.53 Å². The maximum atomic E-state index is 11.8. The summed E-state index contributed by atoms with van der Waals surface area (Å²) >= 11 is 7.28. The molecule has 1 aromatic carbocycles. The summed E-state index contributed by atoms with van der Waals surface area (Å²) in [6.07, 6.45) is 1.82. The highest BCUT2D eigenvalue weighted by molar-refractivity contribution is 8.00. The van der Waals surface area contributed by atoms with E-state index in [4.69, 9.17) is 22.1 Å². The molecular formula is C18H22N4O2S2. The van der Waals surface area contributed by atoms with Crippen molar-refractivity contribution in [3.63, 3.8) is 0 Å². The largest absolute Gasteiger partial charge is 0.468 e. The van der Waals surface area contributed by atoms with E-state index in [0.29, 0.717) is 24.5 Å². The number of benzene rings is 1. The first kappa shape index (κ1) is 18.9. The Bertz CT molecular complexity index is 831. The molecule has 0 radical (unpaired) electrons. The van der Waals surface area contributed by atoms with Gasteiger partial charge < -0.3 is 4.74 Å².